The fourth-order valence-electron chi connectivity index (χ4n) is 1.73. The van der Waals surface area contributed by atoms with E-state index in [0.29, 0.717) is 10.5 Å². The fourth-order valence-corrected chi connectivity index (χ4v) is 2.69. The van der Waals surface area contributed by atoms with Crippen LogP contribution in [0.3, 0.4) is 0 Å². The Morgan fingerprint density at radius 3 is 2.37 bits per heavy atom. The highest BCUT2D eigenvalue weighted by atomic mass is 32.2. The van der Waals surface area contributed by atoms with E-state index in [1.165, 1.54) is 4.90 Å². The summed E-state index contributed by atoms with van der Waals surface area (Å²) in [5.74, 6) is -0.255. The van der Waals surface area contributed by atoms with Crippen molar-refractivity contribution in [1.82, 2.24) is 4.90 Å². The minimum absolute atomic E-state index is 0.139. The van der Waals surface area contributed by atoms with E-state index in [2.05, 4.69) is 0 Å². The second-order valence-corrected chi connectivity index (χ2v) is 5.37. The van der Waals surface area contributed by atoms with Gasteiger partial charge in [-0.2, -0.15) is 5.26 Å². The summed E-state index contributed by atoms with van der Waals surface area (Å²) in [5, 5.41) is 8.47. The highest BCUT2D eigenvalue weighted by Gasteiger charge is 2.36. The number of carbonyl (C=O) groups excluding carboxylic acids is 2. The van der Waals surface area contributed by atoms with Gasteiger partial charge < -0.3 is 0 Å². The summed E-state index contributed by atoms with van der Waals surface area (Å²) in [4.78, 5) is 25.4. The summed E-state index contributed by atoms with van der Waals surface area (Å²) in [7, 11) is 0. The molecule has 0 atom stereocenters. The van der Waals surface area contributed by atoms with Crippen molar-refractivity contribution in [3.63, 3.8) is 0 Å². The zero-order chi connectivity index (χ0) is 14.0. The topological polar surface area (TPSA) is 61.2 Å². The average Bonchev–Trinajstić information content (AvgIpc) is 2.65. The van der Waals surface area contributed by atoms with Gasteiger partial charge in [0.15, 0.2) is 0 Å². The first-order chi connectivity index (χ1) is 9.02. The molecule has 1 aromatic rings. The zero-order valence-corrected chi connectivity index (χ0v) is 11.4. The van der Waals surface area contributed by atoms with Crippen LogP contribution in [0.15, 0.2) is 29.2 Å². The van der Waals surface area contributed by atoms with Crippen molar-refractivity contribution in [3.8, 4) is 6.07 Å². The fraction of sp³-hybridized carbons (Fsp3) is 0.214. The van der Waals surface area contributed by atoms with Crippen LogP contribution in [0.4, 0.5) is 4.79 Å². The number of benzene rings is 1. The monoisotopic (exact) mass is 272 g/mol. The third kappa shape index (κ3) is 2.69. The number of carbonyl (C=O) groups is 2. The first-order valence-corrected chi connectivity index (χ1v) is 6.62. The molecule has 0 aromatic heterocycles. The molecule has 0 saturated carbocycles. The lowest BCUT2D eigenvalue weighted by Gasteiger charge is -2.16. The molecule has 1 heterocycles. The number of rotatable bonds is 2. The van der Waals surface area contributed by atoms with Crippen LogP contribution in [0.2, 0.25) is 0 Å². The molecule has 1 aliphatic rings. The molecule has 1 saturated heterocycles. The molecule has 4 nitrogen and oxygen atoms in total. The second-order valence-electron chi connectivity index (χ2n) is 4.38. The van der Waals surface area contributed by atoms with Crippen molar-refractivity contribution < 1.29 is 9.59 Å². The van der Waals surface area contributed by atoms with Crippen LogP contribution in [0.25, 0.3) is 6.08 Å². The Labute approximate surface area is 115 Å². The lowest BCUT2D eigenvalue weighted by Crippen LogP contribution is -2.34. The molecule has 0 N–H and O–H groups in total. The molecular formula is C14H12N2O2S. The van der Waals surface area contributed by atoms with Crippen molar-refractivity contribution in [2.75, 3.05) is 0 Å². The molecule has 1 aromatic carbocycles. The van der Waals surface area contributed by atoms with Gasteiger partial charge in [0, 0.05) is 6.04 Å². The Morgan fingerprint density at radius 2 is 1.89 bits per heavy atom. The Balaban J connectivity index is 2.27. The smallest absolute Gasteiger partial charge is 0.268 e. The van der Waals surface area contributed by atoms with Gasteiger partial charge in [0.05, 0.1) is 16.5 Å². The average molecular weight is 272 g/mol. The Kier molecular flexibility index (Phi) is 3.72. The lowest BCUT2D eigenvalue weighted by molar-refractivity contribution is -0.123. The maximum absolute atomic E-state index is 12.0. The normalized spacial score (nSPS) is 17.4. The maximum atomic E-state index is 12.0. The summed E-state index contributed by atoms with van der Waals surface area (Å²) in [6, 6.07) is 8.75. The minimum atomic E-state index is -0.255. The number of nitriles is 1. The van der Waals surface area contributed by atoms with E-state index >= 15 is 0 Å². The summed E-state index contributed by atoms with van der Waals surface area (Å²) in [6.07, 6.45) is 1.68. The minimum Gasteiger partial charge on any atom is -0.268 e. The van der Waals surface area contributed by atoms with Crippen LogP contribution in [0.1, 0.15) is 25.0 Å². The van der Waals surface area contributed by atoms with E-state index < -0.39 is 0 Å². The summed E-state index contributed by atoms with van der Waals surface area (Å²) < 4.78 is 0. The van der Waals surface area contributed by atoms with Crippen molar-refractivity contribution in [1.29, 1.82) is 5.26 Å². The molecular weight excluding hydrogens is 260 g/mol. The van der Waals surface area contributed by atoms with Crippen molar-refractivity contribution in [2.45, 2.75) is 19.9 Å². The third-order valence-corrected chi connectivity index (χ3v) is 3.56. The Morgan fingerprint density at radius 1 is 1.26 bits per heavy atom. The first-order valence-electron chi connectivity index (χ1n) is 5.80. The lowest BCUT2D eigenvalue weighted by atomic mass is 10.1. The molecule has 0 radical (unpaired) electrons. The Hall–Kier alpha value is -2.06. The van der Waals surface area contributed by atoms with Crippen LogP contribution in [-0.2, 0) is 4.79 Å². The summed E-state index contributed by atoms with van der Waals surface area (Å²) >= 11 is 0.948. The predicted molar refractivity (Wildman–Crippen MR) is 74.1 cm³/mol. The quantitative estimate of drug-likeness (QED) is 0.776. The van der Waals surface area contributed by atoms with Crippen LogP contribution in [0, 0.1) is 11.3 Å². The standard InChI is InChI=1S/C14H12N2O2S/c1-9(2)16-13(17)12(19-14(16)18)7-10-3-5-11(8-15)6-4-10/h3-7,9H,1-2H3/b12-7+. The van der Waals surface area contributed by atoms with E-state index in [4.69, 9.17) is 5.26 Å². The van der Waals surface area contributed by atoms with E-state index in [0.717, 1.165) is 17.3 Å². The van der Waals surface area contributed by atoms with Gasteiger partial charge in [0.1, 0.15) is 0 Å². The molecule has 0 aliphatic carbocycles. The predicted octanol–water partition coefficient (Wildman–Crippen LogP) is 3.00. The van der Waals surface area contributed by atoms with Crippen molar-refractivity contribution in [2.24, 2.45) is 0 Å². The van der Waals surface area contributed by atoms with Gasteiger partial charge in [-0.25, -0.2) is 0 Å². The van der Waals surface area contributed by atoms with E-state index in [9.17, 15) is 9.59 Å². The number of nitrogens with zero attached hydrogens (tertiary/aromatic N) is 2. The van der Waals surface area contributed by atoms with Gasteiger partial charge in [-0.05, 0) is 49.4 Å². The number of imide groups is 1. The number of hydrogen-bond donors (Lipinski definition) is 0. The number of hydrogen-bond acceptors (Lipinski definition) is 4. The number of thioether (sulfide) groups is 1. The molecule has 96 valence electrons. The molecule has 5 heteroatoms. The highest BCUT2D eigenvalue weighted by molar-refractivity contribution is 8.18. The van der Waals surface area contributed by atoms with Gasteiger partial charge in [-0.15, -0.1) is 0 Å². The zero-order valence-electron chi connectivity index (χ0n) is 10.6. The van der Waals surface area contributed by atoms with Gasteiger partial charge in [-0.1, -0.05) is 12.1 Å². The van der Waals surface area contributed by atoms with E-state index in [1.807, 2.05) is 6.07 Å². The second kappa shape index (κ2) is 5.29. The van der Waals surface area contributed by atoms with Crippen LogP contribution < -0.4 is 0 Å². The van der Waals surface area contributed by atoms with E-state index in [-0.39, 0.29) is 17.2 Å². The highest BCUT2D eigenvalue weighted by Crippen LogP contribution is 2.33. The van der Waals surface area contributed by atoms with Gasteiger partial charge in [0.2, 0.25) is 0 Å². The van der Waals surface area contributed by atoms with Crippen LogP contribution in [0.5, 0.6) is 0 Å². The van der Waals surface area contributed by atoms with Gasteiger partial charge in [-0.3, -0.25) is 14.5 Å². The Bertz CT molecular complexity index is 597. The molecule has 2 amide bonds. The molecule has 1 fully saturated rings. The molecule has 1 aliphatic heterocycles. The molecule has 0 bridgehead atoms. The van der Waals surface area contributed by atoms with Crippen molar-refractivity contribution >= 4 is 29.0 Å². The summed E-state index contributed by atoms with van der Waals surface area (Å²) in [5.41, 5.74) is 1.36. The largest absolute Gasteiger partial charge is 0.293 e. The first kappa shape index (κ1) is 13.4. The van der Waals surface area contributed by atoms with E-state index in [1.54, 1.807) is 44.2 Å². The molecule has 19 heavy (non-hydrogen) atoms. The van der Waals surface area contributed by atoms with Crippen LogP contribution >= 0.6 is 11.8 Å². The maximum Gasteiger partial charge on any atom is 0.293 e. The summed E-state index contributed by atoms with van der Waals surface area (Å²) in [6.45, 7) is 3.61. The third-order valence-electron chi connectivity index (χ3n) is 2.68. The van der Waals surface area contributed by atoms with Crippen LogP contribution in [-0.4, -0.2) is 22.1 Å². The number of amides is 2. The molecule has 2 rings (SSSR count). The van der Waals surface area contributed by atoms with Crippen molar-refractivity contribution in [3.05, 3.63) is 40.3 Å². The SMILES string of the molecule is CC(C)N1C(=O)S/C(=C/c2ccc(C#N)cc2)C1=O. The van der Waals surface area contributed by atoms with Gasteiger partial charge >= 0.3 is 0 Å². The van der Waals surface area contributed by atoms with Gasteiger partial charge in [0.25, 0.3) is 11.1 Å². The molecule has 0 unspecified atom stereocenters. The molecule has 0 spiro atoms.